The van der Waals surface area contributed by atoms with Gasteiger partial charge in [-0.1, -0.05) is 146 Å². The van der Waals surface area contributed by atoms with Crippen LogP contribution in [0.3, 0.4) is 0 Å². The third kappa shape index (κ3) is 5.30. The van der Waals surface area contributed by atoms with Crippen molar-refractivity contribution in [3.05, 3.63) is 200 Å². The van der Waals surface area contributed by atoms with Gasteiger partial charge in [0.1, 0.15) is 11.2 Å². The van der Waals surface area contributed by atoms with E-state index in [1.807, 2.05) is 0 Å². The topological polar surface area (TPSA) is 16.4 Å². The summed E-state index contributed by atoms with van der Waals surface area (Å²) in [6, 6.07) is 71.6. The Morgan fingerprint density at radius 2 is 0.692 bits per heavy atom. The lowest BCUT2D eigenvalue weighted by molar-refractivity contribution is 0.669. The van der Waals surface area contributed by atoms with Gasteiger partial charge in [0, 0.05) is 27.8 Å². The predicted molar refractivity (Wildman–Crippen MR) is 219 cm³/mol. The normalized spacial score (nSPS) is 11.5. The van der Waals surface area contributed by atoms with Crippen molar-refractivity contribution in [2.24, 2.45) is 0 Å². The van der Waals surface area contributed by atoms with Crippen molar-refractivity contribution in [1.29, 1.82) is 0 Å². The van der Waals surface area contributed by atoms with Crippen LogP contribution in [-0.4, -0.2) is 0 Å². The molecule has 0 N–H and O–H groups in total. The average molecular weight is 664 g/mol. The monoisotopic (exact) mass is 663 g/mol. The molecule has 52 heavy (non-hydrogen) atoms. The van der Waals surface area contributed by atoms with Crippen LogP contribution in [0.25, 0.3) is 77.2 Å². The summed E-state index contributed by atoms with van der Waals surface area (Å²) in [5.74, 6) is 0. The summed E-state index contributed by atoms with van der Waals surface area (Å²) in [5.41, 5.74) is 14.8. The summed E-state index contributed by atoms with van der Waals surface area (Å²) in [6.07, 6.45) is 0. The van der Waals surface area contributed by atoms with Crippen molar-refractivity contribution in [2.75, 3.05) is 4.90 Å². The summed E-state index contributed by atoms with van der Waals surface area (Å²) >= 11 is 0. The van der Waals surface area contributed by atoms with Gasteiger partial charge in [0.25, 0.3) is 0 Å². The Morgan fingerprint density at radius 3 is 1.25 bits per heavy atom. The predicted octanol–water partition coefficient (Wildman–Crippen LogP) is 14.3. The molecule has 0 fully saturated rings. The Morgan fingerprint density at radius 1 is 0.269 bits per heavy atom. The van der Waals surface area contributed by atoms with Gasteiger partial charge in [-0.3, -0.25) is 0 Å². The highest BCUT2D eigenvalue weighted by atomic mass is 16.3. The van der Waals surface area contributed by atoms with E-state index in [1.165, 1.54) is 60.5 Å². The van der Waals surface area contributed by atoms with E-state index in [1.54, 1.807) is 0 Å². The number of para-hydroxylation sites is 1. The third-order valence-corrected chi connectivity index (χ3v) is 10.2. The SMILES string of the molecule is c1ccc(-c2ccc(N(c3ccccc3)c3ccc(-c4ccc(-c5ccc(-c6cc7ccc8cccc9oc(c6)c7c89)cc5)cc4)cc3)cc2)cc1. The number of rotatable bonds is 7. The molecule has 0 atom stereocenters. The fourth-order valence-corrected chi connectivity index (χ4v) is 7.59. The second-order valence-corrected chi connectivity index (χ2v) is 13.4. The standard InChI is InChI=1S/C50H33NO/c1-3-8-34(9-4-1)38-24-28-45(29-25-38)51(44-11-5-2-6-12-44)46-30-26-39(27-31-46)37-16-14-35(15-17-37)36-18-20-40(21-19-36)43-32-42-23-22-41-10-7-13-47-49(41)50(42)48(33-43)52-47/h1-33H. The van der Waals surface area contributed by atoms with Crippen molar-refractivity contribution in [3.8, 4) is 44.5 Å². The molecule has 0 saturated carbocycles. The van der Waals surface area contributed by atoms with Gasteiger partial charge in [-0.25, -0.2) is 0 Å². The first-order valence-corrected chi connectivity index (χ1v) is 17.7. The Bertz CT molecular complexity index is 2780. The van der Waals surface area contributed by atoms with Gasteiger partial charge in [-0.15, -0.1) is 0 Å². The van der Waals surface area contributed by atoms with E-state index in [0.29, 0.717) is 0 Å². The van der Waals surface area contributed by atoms with Crippen LogP contribution < -0.4 is 4.90 Å². The summed E-state index contributed by atoms with van der Waals surface area (Å²) < 4.78 is 6.29. The van der Waals surface area contributed by atoms with Gasteiger partial charge in [0.15, 0.2) is 0 Å². The maximum atomic E-state index is 6.29. The molecule has 0 spiro atoms. The van der Waals surface area contributed by atoms with E-state index in [0.717, 1.165) is 33.8 Å². The van der Waals surface area contributed by atoms with E-state index in [2.05, 4.69) is 205 Å². The largest absolute Gasteiger partial charge is 0.456 e. The van der Waals surface area contributed by atoms with Crippen LogP contribution in [0.2, 0.25) is 0 Å². The van der Waals surface area contributed by atoms with Crippen LogP contribution in [0, 0.1) is 0 Å². The second kappa shape index (κ2) is 12.5. The minimum absolute atomic E-state index is 0.942. The molecule has 0 amide bonds. The maximum absolute atomic E-state index is 6.29. The van der Waals surface area contributed by atoms with Gasteiger partial charge in [0.05, 0.1) is 0 Å². The minimum Gasteiger partial charge on any atom is -0.456 e. The van der Waals surface area contributed by atoms with E-state index in [4.69, 9.17) is 4.42 Å². The maximum Gasteiger partial charge on any atom is 0.136 e. The van der Waals surface area contributed by atoms with Crippen LogP contribution in [0.1, 0.15) is 0 Å². The van der Waals surface area contributed by atoms with Gasteiger partial charge < -0.3 is 9.32 Å². The molecule has 0 aliphatic carbocycles. The number of hydrogen-bond acceptors (Lipinski definition) is 2. The molecular weight excluding hydrogens is 631 g/mol. The third-order valence-electron chi connectivity index (χ3n) is 10.2. The molecule has 0 aliphatic rings. The Hall–Kier alpha value is -6.90. The molecule has 0 bridgehead atoms. The smallest absolute Gasteiger partial charge is 0.136 e. The van der Waals surface area contributed by atoms with Crippen LogP contribution in [0.4, 0.5) is 17.1 Å². The van der Waals surface area contributed by atoms with Gasteiger partial charge >= 0.3 is 0 Å². The van der Waals surface area contributed by atoms with Crippen LogP contribution in [0.5, 0.6) is 0 Å². The van der Waals surface area contributed by atoms with Crippen molar-refractivity contribution in [3.63, 3.8) is 0 Å². The fourth-order valence-electron chi connectivity index (χ4n) is 7.59. The van der Waals surface area contributed by atoms with Crippen molar-refractivity contribution in [1.82, 2.24) is 0 Å². The highest BCUT2D eigenvalue weighted by Crippen LogP contribution is 2.40. The zero-order valence-corrected chi connectivity index (χ0v) is 28.4. The number of anilines is 3. The lowest BCUT2D eigenvalue weighted by Gasteiger charge is -2.26. The van der Waals surface area contributed by atoms with Gasteiger partial charge in [-0.2, -0.15) is 0 Å². The lowest BCUT2D eigenvalue weighted by atomic mass is 9.95. The van der Waals surface area contributed by atoms with E-state index < -0.39 is 0 Å². The summed E-state index contributed by atoms with van der Waals surface area (Å²) in [4.78, 5) is 2.31. The number of furan rings is 1. The number of nitrogens with zero attached hydrogens (tertiary/aromatic N) is 1. The van der Waals surface area contributed by atoms with Crippen molar-refractivity contribution < 1.29 is 4.42 Å². The molecule has 0 aliphatic heterocycles. The first kappa shape index (κ1) is 30.0. The number of benzene rings is 9. The molecular formula is C50H33NO. The first-order valence-electron chi connectivity index (χ1n) is 17.7. The molecule has 10 rings (SSSR count). The summed E-state index contributed by atoms with van der Waals surface area (Å²) in [6.45, 7) is 0. The van der Waals surface area contributed by atoms with E-state index >= 15 is 0 Å². The Balaban J connectivity index is 0.897. The zero-order valence-electron chi connectivity index (χ0n) is 28.4. The Labute approximate surface area is 302 Å². The van der Waals surface area contributed by atoms with Crippen LogP contribution >= 0.6 is 0 Å². The van der Waals surface area contributed by atoms with Crippen molar-refractivity contribution >= 4 is 49.8 Å². The molecule has 244 valence electrons. The highest BCUT2D eigenvalue weighted by Gasteiger charge is 2.15. The van der Waals surface area contributed by atoms with E-state index in [-0.39, 0.29) is 0 Å². The molecule has 10 aromatic rings. The molecule has 0 radical (unpaired) electrons. The van der Waals surface area contributed by atoms with Gasteiger partial charge in [0.2, 0.25) is 0 Å². The average Bonchev–Trinajstić information content (AvgIpc) is 3.61. The fraction of sp³-hybridized carbons (Fsp3) is 0. The second-order valence-electron chi connectivity index (χ2n) is 13.4. The molecule has 1 heterocycles. The first-order chi connectivity index (χ1) is 25.7. The molecule has 2 heteroatoms. The molecule has 0 saturated heterocycles. The highest BCUT2D eigenvalue weighted by molar-refractivity contribution is 6.22. The van der Waals surface area contributed by atoms with Crippen molar-refractivity contribution in [2.45, 2.75) is 0 Å². The van der Waals surface area contributed by atoms with Crippen LogP contribution in [0.15, 0.2) is 205 Å². The molecule has 9 aromatic carbocycles. The number of hydrogen-bond donors (Lipinski definition) is 0. The van der Waals surface area contributed by atoms with E-state index in [9.17, 15) is 0 Å². The minimum atomic E-state index is 0.942. The lowest BCUT2D eigenvalue weighted by Crippen LogP contribution is -2.09. The van der Waals surface area contributed by atoms with Crippen LogP contribution in [-0.2, 0) is 0 Å². The van der Waals surface area contributed by atoms with Gasteiger partial charge in [-0.05, 0) is 110 Å². The molecule has 2 nitrogen and oxygen atoms in total. The summed E-state index contributed by atoms with van der Waals surface area (Å²) in [5, 5.41) is 4.86. The molecule has 0 unspecified atom stereocenters. The molecule has 1 aromatic heterocycles. The Kier molecular flexibility index (Phi) is 7.18. The zero-order chi connectivity index (χ0) is 34.4. The quantitative estimate of drug-likeness (QED) is 0.158. The summed E-state index contributed by atoms with van der Waals surface area (Å²) in [7, 11) is 0.